The normalized spacial score (nSPS) is 10.5. The summed E-state index contributed by atoms with van der Waals surface area (Å²) in [6, 6.07) is 14.8. The third kappa shape index (κ3) is 5.38. The average molecular weight is 373 g/mol. The van der Waals surface area contributed by atoms with Crippen LogP contribution in [-0.2, 0) is 11.2 Å². The van der Waals surface area contributed by atoms with Gasteiger partial charge in [-0.3, -0.25) is 20.4 Å². The van der Waals surface area contributed by atoms with Crippen LogP contribution in [0.25, 0.3) is 6.08 Å². The summed E-state index contributed by atoms with van der Waals surface area (Å²) < 4.78 is 0.934. The summed E-state index contributed by atoms with van der Waals surface area (Å²) in [5.41, 5.74) is 7.28. The minimum atomic E-state index is -0.400. The van der Waals surface area contributed by atoms with Gasteiger partial charge in [0, 0.05) is 16.1 Å². The number of carbonyl (C=O) groups is 2. The highest BCUT2D eigenvalue weighted by atomic mass is 79.9. The Hall–Kier alpha value is -2.40. The van der Waals surface area contributed by atoms with Crippen LogP contribution in [0.3, 0.4) is 0 Å². The number of carbonyl (C=O) groups excluding carboxylic acids is 2. The maximum Gasteiger partial charge on any atom is 0.269 e. The Morgan fingerprint density at radius 1 is 1.09 bits per heavy atom. The maximum absolute atomic E-state index is 11.9. The van der Waals surface area contributed by atoms with Gasteiger partial charge < -0.3 is 0 Å². The van der Waals surface area contributed by atoms with Crippen molar-refractivity contribution >= 4 is 33.8 Å². The number of halogens is 1. The van der Waals surface area contributed by atoms with Crippen molar-refractivity contribution in [2.75, 3.05) is 0 Å². The van der Waals surface area contributed by atoms with Crippen molar-refractivity contribution in [3.05, 3.63) is 75.8 Å². The van der Waals surface area contributed by atoms with Crippen LogP contribution in [0.5, 0.6) is 0 Å². The quantitative estimate of drug-likeness (QED) is 0.637. The lowest BCUT2D eigenvalue weighted by Gasteiger charge is -2.06. The van der Waals surface area contributed by atoms with Crippen LogP contribution in [-0.4, -0.2) is 11.8 Å². The van der Waals surface area contributed by atoms with Crippen LogP contribution in [0, 0.1) is 0 Å². The predicted molar refractivity (Wildman–Crippen MR) is 94.6 cm³/mol. The lowest BCUT2D eigenvalue weighted by atomic mass is 10.1. The molecule has 2 N–H and O–H groups in total. The van der Waals surface area contributed by atoms with Gasteiger partial charge in [-0.2, -0.15) is 0 Å². The molecule has 0 spiro atoms. The van der Waals surface area contributed by atoms with E-state index < -0.39 is 5.91 Å². The van der Waals surface area contributed by atoms with E-state index in [1.807, 2.05) is 43.3 Å². The van der Waals surface area contributed by atoms with Gasteiger partial charge in [0.05, 0.1) is 0 Å². The maximum atomic E-state index is 11.9. The van der Waals surface area contributed by atoms with Gasteiger partial charge in [0.25, 0.3) is 11.8 Å². The van der Waals surface area contributed by atoms with E-state index in [0.29, 0.717) is 5.56 Å². The van der Waals surface area contributed by atoms with Gasteiger partial charge in [-0.25, -0.2) is 0 Å². The number of hydrogen-bond donors (Lipinski definition) is 2. The van der Waals surface area contributed by atoms with E-state index in [2.05, 4.69) is 26.8 Å². The average Bonchev–Trinajstić information content (AvgIpc) is 2.58. The van der Waals surface area contributed by atoms with Crippen molar-refractivity contribution in [3.8, 4) is 0 Å². The highest BCUT2D eigenvalue weighted by molar-refractivity contribution is 9.10. The molecule has 0 aliphatic rings. The minimum Gasteiger partial charge on any atom is -0.268 e. The van der Waals surface area contributed by atoms with E-state index in [9.17, 15) is 9.59 Å². The first-order chi connectivity index (χ1) is 11.1. The number of nitrogens with one attached hydrogen (secondary N) is 2. The molecule has 0 radical (unpaired) electrons. The second-order valence-electron chi connectivity index (χ2n) is 4.88. The highest BCUT2D eigenvalue weighted by Gasteiger charge is 2.05. The van der Waals surface area contributed by atoms with E-state index in [1.54, 1.807) is 18.2 Å². The molecule has 0 aliphatic carbocycles. The zero-order chi connectivity index (χ0) is 16.7. The summed E-state index contributed by atoms with van der Waals surface area (Å²) in [4.78, 5) is 23.6. The van der Waals surface area contributed by atoms with Gasteiger partial charge in [-0.05, 0) is 47.9 Å². The van der Waals surface area contributed by atoms with Crippen molar-refractivity contribution < 1.29 is 9.59 Å². The first-order valence-corrected chi connectivity index (χ1v) is 8.00. The number of rotatable bonds is 4. The van der Waals surface area contributed by atoms with E-state index in [1.165, 1.54) is 6.08 Å². The lowest BCUT2D eigenvalue weighted by molar-refractivity contribution is -0.117. The Morgan fingerprint density at radius 3 is 2.48 bits per heavy atom. The fraction of sp³-hybridized carbons (Fsp3) is 0.111. The molecule has 0 saturated carbocycles. The fourth-order valence-electron chi connectivity index (χ4n) is 1.91. The van der Waals surface area contributed by atoms with E-state index in [4.69, 9.17) is 0 Å². The molecular formula is C18H17BrN2O2. The molecule has 0 aromatic heterocycles. The summed E-state index contributed by atoms with van der Waals surface area (Å²) >= 11 is 3.36. The zero-order valence-electron chi connectivity index (χ0n) is 12.7. The highest BCUT2D eigenvalue weighted by Crippen LogP contribution is 2.12. The van der Waals surface area contributed by atoms with Crippen LogP contribution in [0.15, 0.2) is 59.1 Å². The van der Waals surface area contributed by atoms with Crippen LogP contribution < -0.4 is 10.9 Å². The van der Waals surface area contributed by atoms with Gasteiger partial charge >= 0.3 is 0 Å². The molecular weight excluding hydrogens is 356 g/mol. The Balaban J connectivity index is 1.87. The molecule has 0 atom stereocenters. The number of hydrazine groups is 1. The van der Waals surface area contributed by atoms with Crippen molar-refractivity contribution in [2.45, 2.75) is 13.3 Å². The predicted octanol–water partition coefficient (Wildman–Crippen LogP) is 3.49. The Labute approximate surface area is 143 Å². The molecule has 0 heterocycles. The number of benzene rings is 2. The molecule has 118 valence electrons. The van der Waals surface area contributed by atoms with E-state index in [0.717, 1.165) is 22.0 Å². The summed E-state index contributed by atoms with van der Waals surface area (Å²) in [6.45, 7) is 2.05. The van der Waals surface area contributed by atoms with Crippen LogP contribution in [0.2, 0.25) is 0 Å². The van der Waals surface area contributed by atoms with Crippen molar-refractivity contribution in [1.29, 1.82) is 0 Å². The summed E-state index contributed by atoms with van der Waals surface area (Å²) in [5, 5.41) is 0. The van der Waals surface area contributed by atoms with Crippen molar-refractivity contribution in [1.82, 2.24) is 10.9 Å². The molecule has 4 nitrogen and oxygen atoms in total. The standard InChI is InChI=1S/C18H17BrN2O2/c1-2-13-6-9-15(10-7-13)18(23)21-20-17(22)11-8-14-4-3-5-16(19)12-14/h3-12H,2H2,1H3,(H,20,22)(H,21,23)/b11-8+. The third-order valence-electron chi connectivity index (χ3n) is 3.20. The second kappa shape index (κ2) is 8.29. The van der Waals surface area contributed by atoms with E-state index >= 15 is 0 Å². The van der Waals surface area contributed by atoms with Gasteiger partial charge in [0.1, 0.15) is 0 Å². The smallest absolute Gasteiger partial charge is 0.268 e. The summed E-state index contributed by atoms with van der Waals surface area (Å²) in [6.07, 6.45) is 3.95. The van der Waals surface area contributed by atoms with Crippen molar-refractivity contribution in [2.24, 2.45) is 0 Å². The molecule has 2 amide bonds. The molecule has 2 aromatic carbocycles. The van der Waals surface area contributed by atoms with Gasteiger partial charge in [0.2, 0.25) is 0 Å². The largest absolute Gasteiger partial charge is 0.269 e. The van der Waals surface area contributed by atoms with Crippen LogP contribution >= 0.6 is 15.9 Å². The van der Waals surface area contributed by atoms with Crippen molar-refractivity contribution in [3.63, 3.8) is 0 Å². The molecule has 2 aromatic rings. The summed E-state index contributed by atoms with van der Waals surface area (Å²) in [5.74, 6) is -0.750. The van der Waals surface area contributed by atoms with E-state index in [-0.39, 0.29) is 5.91 Å². The second-order valence-corrected chi connectivity index (χ2v) is 5.80. The molecule has 0 saturated heterocycles. The number of amides is 2. The molecule has 0 aliphatic heterocycles. The number of aryl methyl sites for hydroxylation is 1. The topological polar surface area (TPSA) is 58.2 Å². The minimum absolute atomic E-state index is 0.350. The number of hydrogen-bond acceptors (Lipinski definition) is 2. The fourth-order valence-corrected chi connectivity index (χ4v) is 2.32. The third-order valence-corrected chi connectivity index (χ3v) is 3.69. The molecule has 23 heavy (non-hydrogen) atoms. The van der Waals surface area contributed by atoms with Gasteiger partial charge in [0.15, 0.2) is 0 Å². The Kier molecular flexibility index (Phi) is 6.11. The molecule has 5 heteroatoms. The van der Waals surface area contributed by atoms with Gasteiger partial charge in [-0.1, -0.05) is 47.1 Å². The molecule has 0 bridgehead atoms. The first kappa shape index (κ1) is 17.0. The first-order valence-electron chi connectivity index (χ1n) is 7.21. The lowest BCUT2D eigenvalue weighted by Crippen LogP contribution is -2.40. The molecule has 0 unspecified atom stereocenters. The van der Waals surface area contributed by atoms with Crippen LogP contribution in [0.1, 0.15) is 28.4 Å². The molecule has 0 fully saturated rings. The monoisotopic (exact) mass is 372 g/mol. The SMILES string of the molecule is CCc1ccc(C(=O)NNC(=O)/C=C/c2cccc(Br)c2)cc1. The Bertz CT molecular complexity index is 724. The zero-order valence-corrected chi connectivity index (χ0v) is 14.3. The van der Waals surface area contributed by atoms with Crippen LogP contribution in [0.4, 0.5) is 0 Å². The van der Waals surface area contributed by atoms with Gasteiger partial charge in [-0.15, -0.1) is 0 Å². The molecule has 2 rings (SSSR count). The summed E-state index contributed by atoms with van der Waals surface area (Å²) in [7, 11) is 0. The Morgan fingerprint density at radius 2 is 1.83 bits per heavy atom.